The lowest BCUT2D eigenvalue weighted by atomic mass is 9.93. The molecule has 0 saturated heterocycles. The van der Waals surface area contributed by atoms with E-state index in [-0.39, 0.29) is 33.5 Å². The van der Waals surface area contributed by atoms with Crippen LogP contribution in [-0.2, 0) is 29.0 Å². The Morgan fingerprint density at radius 2 is 1.54 bits per heavy atom. The lowest BCUT2D eigenvalue weighted by Gasteiger charge is -2.17. The fourth-order valence-electron chi connectivity index (χ4n) is 5.93. The molecule has 15 heteroatoms. The number of nitrogens with zero attached hydrogens (tertiary/aromatic N) is 5. The minimum absolute atomic E-state index is 0.137. The van der Waals surface area contributed by atoms with Crippen LogP contribution in [0.4, 0.5) is 10.5 Å². The van der Waals surface area contributed by atoms with Gasteiger partial charge in [-0.15, -0.1) is 5.10 Å². The quantitative estimate of drug-likeness (QED) is 0.142. The zero-order valence-corrected chi connectivity index (χ0v) is 31.1. The summed E-state index contributed by atoms with van der Waals surface area (Å²) in [5.41, 5.74) is 4.30. The van der Waals surface area contributed by atoms with E-state index < -0.39 is 21.8 Å². The fourth-order valence-corrected chi connectivity index (χ4v) is 7.81. The first kappa shape index (κ1) is 38.5. The van der Waals surface area contributed by atoms with Gasteiger partial charge in [0, 0.05) is 29.3 Å². The molecule has 2 aliphatic rings. The zero-order valence-electron chi connectivity index (χ0n) is 28.7. The number of imide groups is 1. The molecule has 2 heterocycles. The monoisotopic (exact) mass is 743 g/mol. The van der Waals surface area contributed by atoms with Crippen LogP contribution in [0.2, 0.25) is 5.02 Å². The molecule has 266 valence electrons. The molecule has 1 aromatic heterocycles. The van der Waals surface area contributed by atoms with E-state index in [0.717, 1.165) is 29.4 Å². The molecule has 50 heavy (non-hydrogen) atoms. The summed E-state index contributed by atoms with van der Waals surface area (Å²) in [7, 11) is -3.88. The Morgan fingerprint density at radius 1 is 0.960 bits per heavy atom. The van der Waals surface area contributed by atoms with Gasteiger partial charge in [-0.2, -0.15) is 4.68 Å². The molecular formula is C35H39Cl2N5O7S. The molecule has 0 fully saturated rings. The third kappa shape index (κ3) is 8.00. The molecule has 3 aromatic rings. The van der Waals surface area contributed by atoms with Crippen molar-refractivity contribution in [1.82, 2.24) is 19.7 Å². The number of esters is 1. The highest BCUT2D eigenvalue weighted by Gasteiger charge is 2.39. The van der Waals surface area contributed by atoms with Gasteiger partial charge in [-0.1, -0.05) is 40.9 Å². The lowest BCUT2D eigenvalue weighted by molar-refractivity contribution is -0.137. The van der Waals surface area contributed by atoms with Crippen molar-refractivity contribution in [2.45, 2.75) is 77.3 Å². The molecule has 0 N–H and O–H groups in total. The highest BCUT2D eigenvalue weighted by atomic mass is 35.5. The zero-order chi connectivity index (χ0) is 36.9. The third-order valence-electron chi connectivity index (χ3n) is 8.20. The standard InChI is InChI=1S/C19H17Cl2NO4.C16H22N4O3S/c1-2-26-19(25)16(21)10-11-9-12(7-8-15(11)20)22-17(23)13-5-3-4-6-14(13)18(22)24;1-6-19(7-2)16(21)20-10-17-15(18-20)24(22,23)14-12(4)8-11(3)9-13(14)5/h7-10H,2-6H2,1H3;8-10H,6-7H2,1-5H3/b16-10-;. The summed E-state index contributed by atoms with van der Waals surface area (Å²) >= 11 is 12.1. The normalized spacial score (nSPS) is 14.7. The molecule has 0 saturated carbocycles. The smallest absolute Gasteiger partial charge is 0.349 e. The summed E-state index contributed by atoms with van der Waals surface area (Å²) in [5.74, 6) is -1.22. The number of hydrogen-bond acceptors (Lipinski definition) is 9. The van der Waals surface area contributed by atoms with Crippen molar-refractivity contribution in [2.24, 2.45) is 0 Å². The predicted molar refractivity (Wildman–Crippen MR) is 190 cm³/mol. The minimum Gasteiger partial charge on any atom is -0.462 e. The molecule has 2 aromatic carbocycles. The number of hydrogen-bond donors (Lipinski definition) is 0. The van der Waals surface area contributed by atoms with Gasteiger partial charge in [0.05, 0.1) is 17.2 Å². The molecule has 0 radical (unpaired) electrons. The van der Waals surface area contributed by atoms with Crippen LogP contribution >= 0.6 is 23.2 Å². The van der Waals surface area contributed by atoms with Crippen LogP contribution in [0.1, 0.15) is 68.7 Å². The Kier molecular flexibility index (Phi) is 12.4. The van der Waals surface area contributed by atoms with Crippen molar-refractivity contribution >= 4 is 68.6 Å². The summed E-state index contributed by atoms with van der Waals surface area (Å²) in [6, 6.07) is 7.95. The van der Waals surface area contributed by atoms with Crippen LogP contribution in [0, 0.1) is 20.8 Å². The largest absolute Gasteiger partial charge is 0.462 e. The fraction of sp³-hybridized carbons (Fsp3) is 0.371. The van der Waals surface area contributed by atoms with Crippen molar-refractivity contribution in [3.05, 3.63) is 80.1 Å². The van der Waals surface area contributed by atoms with Gasteiger partial charge < -0.3 is 9.64 Å². The molecule has 0 unspecified atom stereocenters. The second kappa shape index (κ2) is 16.1. The van der Waals surface area contributed by atoms with Crippen LogP contribution in [0.15, 0.2) is 62.9 Å². The van der Waals surface area contributed by atoms with Crippen LogP contribution in [0.3, 0.4) is 0 Å². The van der Waals surface area contributed by atoms with Gasteiger partial charge in [0.25, 0.3) is 17.0 Å². The average molecular weight is 745 g/mol. The summed E-state index contributed by atoms with van der Waals surface area (Å²) < 4.78 is 31.5. The summed E-state index contributed by atoms with van der Waals surface area (Å²) in [4.78, 5) is 56.0. The van der Waals surface area contributed by atoms with Crippen molar-refractivity contribution in [2.75, 3.05) is 24.6 Å². The van der Waals surface area contributed by atoms with Crippen LogP contribution in [-0.4, -0.2) is 71.6 Å². The molecule has 5 rings (SSSR count). The molecule has 0 spiro atoms. The first-order valence-corrected chi connectivity index (χ1v) is 18.4. The van der Waals surface area contributed by atoms with E-state index in [1.54, 1.807) is 51.1 Å². The van der Waals surface area contributed by atoms with Gasteiger partial charge in [0.1, 0.15) is 11.4 Å². The topological polar surface area (TPSA) is 149 Å². The first-order valence-electron chi connectivity index (χ1n) is 16.1. The molecule has 1 aliphatic heterocycles. The van der Waals surface area contributed by atoms with E-state index in [1.165, 1.54) is 15.9 Å². The maximum atomic E-state index is 12.9. The van der Waals surface area contributed by atoms with E-state index in [2.05, 4.69) is 10.1 Å². The minimum atomic E-state index is -3.88. The number of carbonyl (C=O) groups is 4. The van der Waals surface area contributed by atoms with Crippen molar-refractivity contribution < 1.29 is 32.3 Å². The maximum Gasteiger partial charge on any atom is 0.349 e. The Morgan fingerprint density at radius 3 is 2.08 bits per heavy atom. The van der Waals surface area contributed by atoms with Crippen molar-refractivity contribution in [3.8, 4) is 0 Å². The number of amides is 3. The van der Waals surface area contributed by atoms with Gasteiger partial charge in [0.2, 0.25) is 9.84 Å². The number of rotatable bonds is 8. The van der Waals surface area contributed by atoms with Crippen molar-refractivity contribution in [3.63, 3.8) is 0 Å². The Bertz CT molecular complexity index is 1970. The van der Waals surface area contributed by atoms with E-state index in [4.69, 9.17) is 27.9 Å². The molecule has 0 atom stereocenters. The van der Waals surface area contributed by atoms with Crippen molar-refractivity contribution in [1.29, 1.82) is 0 Å². The summed E-state index contributed by atoms with van der Waals surface area (Å²) in [6.45, 7) is 12.0. The first-order chi connectivity index (χ1) is 23.7. The molecule has 0 bridgehead atoms. The lowest BCUT2D eigenvalue weighted by Crippen LogP contribution is -2.34. The number of sulfone groups is 1. The molecular weight excluding hydrogens is 705 g/mol. The predicted octanol–water partition coefficient (Wildman–Crippen LogP) is 6.57. The number of aromatic nitrogens is 3. The SMILES string of the molecule is CCN(CC)C(=O)n1cnc(S(=O)(=O)c2c(C)cc(C)cc2C)n1.CCOC(=O)/C(Cl)=C/c1cc(N2C(=O)C3=C(CCCC3)C2=O)ccc1Cl. The van der Waals surface area contributed by atoms with Gasteiger partial charge in [-0.05, 0) is 108 Å². The Hall–Kier alpha value is -4.33. The number of benzene rings is 2. The van der Waals surface area contributed by atoms with Crippen LogP contribution in [0.25, 0.3) is 6.08 Å². The van der Waals surface area contributed by atoms with Gasteiger partial charge in [-0.25, -0.2) is 27.9 Å². The van der Waals surface area contributed by atoms with E-state index in [0.29, 0.717) is 64.5 Å². The summed E-state index contributed by atoms with van der Waals surface area (Å²) in [6.07, 6.45) is 5.60. The van der Waals surface area contributed by atoms with E-state index in [9.17, 15) is 27.6 Å². The Labute approximate surface area is 301 Å². The van der Waals surface area contributed by atoms with E-state index >= 15 is 0 Å². The van der Waals surface area contributed by atoms with Gasteiger partial charge in [-0.3, -0.25) is 9.59 Å². The number of carbonyl (C=O) groups excluding carboxylic acids is 4. The number of halogens is 2. The average Bonchev–Trinajstić information content (AvgIpc) is 3.67. The molecule has 12 nitrogen and oxygen atoms in total. The molecule has 3 amide bonds. The third-order valence-corrected chi connectivity index (χ3v) is 10.7. The Balaban J connectivity index is 0.000000226. The van der Waals surface area contributed by atoms with Gasteiger partial charge >= 0.3 is 12.0 Å². The highest BCUT2D eigenvalue weighted by Crippen LogP contribution is 2.37. The number of anilines is 1. The van der Waals surface area contributed by atoms with Crippen LogP contribution in [0.5, 0.6) is 0 Å². The van der Waals surface area contributed by atoms with Crippen LogP contribution < -0.4 is 4.90 Å². The second-order valence-electron chi connectivity index (χ2n) is 11.7. The van der Waals surface area contributed by atoms with E-state index in [1.807, 2.05) is 20.8 Å². The maximum absolute atomic E-state index is 12.9. The second-order valence-corrected chi connectivity index (χ2v) is 14.3. The molecule has 1 aliphatic carbocycles. The highest BCUT2D eigenvalue weighted by molar-refractivity contribution is 7.91. The summed E-state index contributed by atoms with van der Waals surface area (Å²) in [5, 5.41) is 3.75. The number of ether oxygens (including phenoxy) is 1. The van der Waals surface area contributed by atoms with Gasteiger partial charge in [0.15, 0.2) is 0 Å². The number of aryl methyl sites for hydroxylation is 3.